The summed E-state index contributed by atoms with van der Waals surface area (Å²) in [5, 5.41) is 13.4. The van der Waals surface area contributed by atoms with Gasteiger partial charge in [-0.2, -0.15) is 13.2 Å². The van der Waals surface area contributed by atoms with E-state index in [9.17, 15) is 27.9 Å². The molecule has 186 valence electrons. The summed E-state index contributed by atoms with van der Waals surface area (Å²) in [7, 11) is 0. The molecule has 0 radical (unpaired) electrons. The van der Waals surface area contributed by atoms with Crippen molar-refractivity contribution >= 4 is 22.8 Å². The van der Waals surface area contributed by atoms with Crippen LogP contribution in [0.3, 0.4) is 0 Å². The van der Waals surface area contributed by atoms with Crippen molar-refractivity contribution < 1.29 is 32.6 Å². The second-order valence-corrected chi connectivity index (χ2v) is 8.85. The van der Waals surface area contributed by atoms with E-state index in [1.54, 1.807) is 31.2 Å². The monoisotopic (exact) mass is 488 g/mol. The Labute approximate surface area is 200 Å². The molecule has 0 unspecified atom stereocenters. The summed E-state index contributed by atoms with van der Waals surface area (Å²) in [6.07, 6.45) is -1.55. The molecule has 0 aliphatic heterocycles. The Hall–Kier alpha value is -3.33. The summed E-state index contributed by atoms with van der Waals surface area (Å²) in [4.78, 5) is 26.7. The first-order valence-electron chi connectivity index (χ1n) is 11.6. The molecule has 1 aliphatic carbocycles. The third kappa shape index (κ3) is 4.91. The SMILES string of the molecule is CCOC(=O)c1c(C(=O)NC2(CO)CCCC2)c2ccccc2n1Cc1cccc(C(F)(F)F)c1. The van der Waals surface area contributed by atoms with Crippen LogP contribution in [0.1, 0.15) is 64.6 Å². The second-order valence-electron chi connectivity index (χ2n) is 8.85. The number of fused-ring (bicyclic) bond motifs is 1. The van der Waals surface area contributed by atoms with E-state index < -0.39 is 29.2 Å². The number of aliphatic hydroxyl groups is 1. The van der Waals surface area contributed by atoms with Gasteiger partial charge in [0, 0.05) is 17.4 Å². The molecule has 4 rings (SSSR count). The van der Waals surface area contributed by atoms with E-state index in [1.807, 2.05) is 0 Å². The summed E-state index contributed by atoms with van der Waals surface area (Å²) in [6, 6.07) is 11.7. The number of aromatic nitrogens is 1. The maximum Gasteiger partial charge on any atom is 0.416 e. The van der Waals surface area contributed by atoms with Crippen LogP contribution in [-0.2, 0) is 17.5 Å². The molecule has 0 spiro atoms. The lowest BCUT2D eigenvalue weighted by atomic mass is 9.97. The molecular weight excluding hydrogens is 461 g/mol. The van der Waals surface area contributed by atoms with Crippen LogP contribution in [0.4, 0.5) is 13.2 Å². The normalized spacial score (nSPS) is 15.3. The predicted molar refractivity (Wildman–Crippen MR) is 124 cm³/mol. The largest absolute Gasteiger partial charge is 0.461 e. The molecule has 35 heavy (non-hydrogen) atoms. The van der Waals surface area contributed by atoms with Gasteiger partial charge in [-0.15, -0.1) is 0 Å². The minimum atomic E-state index is -4.51. The highest BCUT2D eigenvalue weighted by atomic mass is 19.4. The molecule has 1 amide bonds. The molecule has 1 fully saturated rings. The highest BCUT2D eigenvalue weighted by Gasteiger charge is 2.37. The molecule has 0 bridgehead atoms. The van der Waals surface area contributed by atoms with Crippen molar-refractivity contribution in [3.8, 4) is 0 Å². The molecule has 1 aromatic heterocycles. The third-order valence-electron chi connectivity index (χ3n) is 6.50. The number of nitrogens with zero attached hydrogens (tertiary/aromatic N) is 1. The van der Waals surface area contributed by atoms with E-state index >= 15 is 0 Å². The van der Waals surface area contributed by atoms with Crippen molar-refractivity contribution in [1.82, 2.24) is 9.88 Å². The Kier molecular flexibility index (Phi) is 6.89. The van der Waals surface area contributed by atoms with Crippen LogP contribution in [0.15, 0.2) is 48.5 Å². The van der Waals surface area contributed by atoms with Gasteiger partial charge in [0.15, 0.2) is 0 Å². The van der Waals surface area contributed by atoms with E-state index in [0.717, 1.165) is 25.0 Å². The van der Waals surface area contributed by atoms with E-state index in [0.29, 0.717) is 29.3 Å². The van der Waals surface area contributed by atoms with E-state index in [-0.39, 0.29) is 31.0 Å². The Bertz CT molecular complexity index is 1240. The smallest absolute Gasteiger partial charge is 0.416 e. The van der Waals surface area contributed by atoms with Crippen LogP contribution >= 0.6 is 0 Å². The van der Waals surface area contributed by atoms with Gasteiger partial charge in [0.05, 0.1) is 29.9 Å². The summed E-state index contributed by atoms with van der Waals surface area (Å²) in [5.74, 6) is -1.27. The lowest BCUT2D eigenvalue weighted by Crippen LogP contribution is -2.49. The van der Waals surface area contributed by atoms with Gasteiger partial charge in [-0.1, -0.05) is 43.2 Å². The zero-order valence-electron chi connectivity index (χ0n) is 19.3. The zero-order valence-corrected chi connectivity index (χ0v) is 19.3. The first-order valence-corrected chi connectivity index (χ1v) is 11.6. The van der Waals surface area contributed by atoms with Gasteiger partial charge in [0.2, 0.25) is 0 Å². The van der Waals surface area contributed by atoms with Gasteiger partial charge in [-0.3, -0.25) is 4.79 Å². The molecule has 2 N–H and O–H groups in total. The summed E-state index contributed by atoms with van der Waals surface area (Å²) < 4.78 is 46.6. The fraction of sp³-hybridized carbons (Fsp3) is 0.385. The molecule has 2 aromatic carbocycles. The number of amides is 1. The van der Waals surface area contributed by atoms with E-state index in [4.69, 9.17) is 4.74 Å². The molecule has 6 nitrogen and oxygen atoms in total. The molecular formula is C26H27F3N2O4. The van der Waals surface area contributed by atoms with Crippen molar-refractivity contribution in [1.29, 1.82) is 0 Å². The van der Waals surface area contributed by atoms with Gasteiger partial charge < -0.3 is 19.7 Å². The molecule has 1 aliphatic rings. The van der Waals surface area contributed by atoms with Gasteiger partial charge >= 0.3 is 12.1 Å². The van der Waals surface area contributed by atoms with Crippen molar-refractivity contribution in [3.63, 3.8) is 0 Å². The minimum Gasteiger partial charge on any atom is -0.461 e. The van der Waals surface area contributed by atoms with Crippen molar-refractivity contribution in [2.45, 2.75) is 50.9 Å². The van der Waals surface area contributed by atoms with Crippen LogP contribution in [0, 0.1) is 0 Å². The third-order valence-corrected chi connectivity index (χ3v) is 6.50. The Morgan fingerprint density at radius 2 is 1.83 bits per heavy atom. The number of hydrogen-bond acceptors (Lipinski definition) is 4. The molecule has 9 heteroatoms. The number of para-hydroxylation sites is 1. The van der Waals surface area contributed by atoms with Crippen LogP contribution in [0.5, 0.6) is 0 Å². The first kappa shape index (κ1) is 24.8. The number of rotatable bonds is 7. The summed E-state index contributed by atoms with van der Waals surface area (Å²) in [6.45, 7) is 1.40. The van der Waals surface area contributed by atoms with Crippen LogP contribution in [0.2, 0.25) is 0 Å². The number of hydrogen-bond donors (Lipinski definition) is 2. The number of carbonyl (C=O) groups is 2. The number of nitrogens with one attached hydrogen (secondary N) is 1. The van der Waals surface area contributed by atoms with Crippen molar-refractivity contribution in [2.24, 2.45) is 0 Å². The van der Waals surface area contributed by atoms with E-state index in [1.165, 1.54) is 16.7 Å². The number of halogens is 3. The summed E-state index contributed by atoms with van der Waals surface area (Å²) >= 11 is 0. The Morgan fingerprint density at radius 3 is 2.49 bits per heavy atom. The maximum atomic E-state index is 13.6. The zero-order chi connectivity index (χ0) is 25.2. The average Bonchev–Trinajstić information content (AvgIpc) is 3.42. The van der Waals surface area contributed by atoms with Crippen LogP contribution in [0.25, 0.3) is 10.9 Å². The Balaban J connectivity index is 1.86. The fourth-order valence-electron chi connectivity index (χ4n) is 4.82. The number of aliphatic hydroxyl groups excluding tert-OH is 1. The molecule has 0 atom stereocenters. The van der Waals surface area contributed by atoms with Gasteiger partial charge in [0.25, 0.3) is 5.91 Å². The highest BCUT2D eigenvalue weighted by molar-refractivity contribution is 6.15. The Morgan fingerprint density at radius 1 is 1.11 bits per heavy atom. The highest BCUT2D eigenvalue weighted by Crippen LogP contribution is 2.34. The van der Waals surface area contributed by atoms with Crippen molar-refractivity contribution in [2.75, 3.05) is 13.2 Å². The summed E-state index contributed by atoms with van der Waals surface area (Å²) in [5.41, 5.74) is -0.677. The predicted octanol–water partition coefficient (Wildman–Crippen LogP) is 4.92. The number of alkyl halides is 3. The quantitative estimate of drug-likeness (QED) is 0.463. The fourth-order valence-corrected chi connectivity index (χ4v) is 4.82. The van der Waals surface area contributed by atoms with E-state index in [2.05, 4.69) is 5.32 Å². The molecule has 3 aromatic rings. The maximum absolute atomic E-state index is 13.6. The number of benzene rings is 2. The first-order chi connectivity index (χ1) is 16.7. The number of esters is 1. The van der Waals surface area contributed by atoms with Crippen LogP contribution in [-0.4, -0.2) is 40.3 Å². The second kappa shape index (κ2) is 9.73. The van der Waals surface area contributed by atoms with Gasteiger partial charge in [-0.25, -0.2) is 4.79 Å². The molecule has 1 heterocycles. The van der Waals surface area contributed by atoms with Crippen molar-refractivity contribution in [3.05, 3.63) is 70.9 Å². The number of carbonyl (C=O) groups excluding carboxylic acids is 2. The molecule has 0 saturated heterocycles. The topological polar surface area (TPSA) is 80.6 Å². The van der Waals surface area contributed by atoms with Gasteiger partial charge in [-0.05, 0) is 43.5 Å². The van der Waals surface area contributed by atoms with Crippen LogP contribution < -0.4 is 5.32 Å². The average molecular weight is 489 g/mol. The molecule has 1 saturated carbocycles. The lowest BCUT2D eigenvalue weighted by molar-refractivity contribution is -0.137. The number of ether oxygens (including phenoxy) is 1. The standard InChI is InChI=1S/C26H27F3N2O4/c1-2-35-24(34)22-21(23(33)30-25(16-32)12-5-6-13-25)19-10-3-4-11-20(19)31(22)15-17-8-7-9-18(14-17)26(27,28)29/h3-4,7-11,14,32H,2,5-6,12-13,15-16H2,1H3,(H,30,33). The minimum absolute atomic E-state index is 0.0333. The lowest BCUT2D eigenvalue weighted by Gasteiger charge is -2.28. The van der Waals surface area contributed by atoms with Gasteiger partial charge in [0.1, 0.15) is 5.69 Å².